The van der Waals surface area contributed by atoms with Crippen LogP contribution < -0.4 is 5.32 Å². The molecule has 0 aliphatic rings. The normalized spacial score (nSPS) is 12.6. The van der Waals surface area contributed by atoms with Gasteiger partial charge in [0.2, 0.25) is 0 Å². The topological polar surface area (TPSA) is 64.6 Å². The molecule has 5 heteroatoms. The summed E-state index contributed by atoms with van der Waals surface area (Å²) in [5, 5.41) is 3.07. The van der Waals surface area contributed by atoms with Crippen molar-refractivity contribution in [2.75, 3.05) is 20.8 Å². The Balaban J connectivity index is 2.83. The summed E-state index contributed by atoms with van der Waals surface area (Å²) in [5.74, 6) is -0.724. The van der Waals surface area contributed by atoms with Crippen molar-refractivity contribution in [3.63, 3.8) is 0 Å². The van der Waals surface area contributed by atoms with Crippen molar-refractivity contribution < 1.29 is 19.1 Å². The van der Waals surface area contributed by atoms with E-state index in [-0.39, 0.29) is 5.97 Å². The van der Waals surface area contributed by atoms with Crippen LogP contribution in [-0.2, 0) is 19.1 Å². The summed E-state index contributed by atoms with van der Waals surface area (Å²) >= 11 is 0. The lowest BCUT2D eigenvalue weighted by atomic mass is 9.93. The van der Waals surface area contributed by atoms with Gasteiger partial charge in [-0.1, -0.05) is 30.3 Å². The van der Waals surface area contributed by atoms with Crippen LogP contribution >= 0.6 is 0 Å². The average Bonchev–Trinajstić information content (AvgIpc) is 2.47. The van der Waals surface area contributed by atoms with Gasteiger partial charge in [-0.05, 0) is 19.4 Å². The number of carbonyl (C=O) groups is 2. The summed E-state index contributed by atoms with van der Waals surface area (Å²) in [6.45, 7) is 3.81. The summed E-state index contributed by atoms with van der Waals surface area (Å²) in [7, 11) is 2.68. The molecule has 110 valence electrons. The highest BCUT2D eigenvalue weighted by Gasteiger charge is 2.31. The Morgan fingerprint density at radius 2 is 1.75 bits per heavy atom. The molecule has 0 aromatic heterocycles. The van der Waals surface area contributed by atoms with Crippen molar-refractivity contribution in [1.82, 2.24) is 5.32 Å². The second-order valence-electron chi connectivity index (χ2n) is 5.12. The zero-order chi connectivity index (χ0) is 15.2. The fourth-order valence-corrected chi connectivity index (χ4v) is 1.81. The Kier molecular flexibility index (Phi) is 5.70. The Morgan fingerprint density at radius 1 is 1.15 bits per heavy atom. The monoisotopic (exact) mass is 279 g/mol. The minimum atomic E-state index is -0.726. The van der Waals surface area contributed by atoms with Gasteiger partial charge in [0.05, 0.1) is 19.6 Å². The van der Waals surface area contributed by atoms with E-state index in [1.165, 1.54) is 14.2 Å². The highest BCUT2D eigenvalue weighted by molar-refractivity contribution is 5.78. The van der Waals surface area contributed by atoms with Gasteiger partial charge >= 0.3 is 11.9 Å². The molecule has 1 unspecified atom stereocenters. The number of methoxy groups -OCH3 is 2. The summed E-state index contributed by atoms with van der Waals surface area (Å²) in [5.41, 5.74) is 0.0653. The number of hydrogen-bond donors (Lipinski definition) is 1. The summed E-state index contributed by atoms with van der Waals surface area (Å²) in [6, 6.07) is 8.62. The van der Waals surface area contributed by atoms with Gasteiger partial charge < -0.3 is 9.47 Å². The first-order chi connectivity index (χ1) is 9.42. The number of hydrogen-bond acceptors (Lipinski definition) is 5. The lowest BCUT2D eigenvalue weighted by Gasteiger charge is -2.25. The Labute approximate surface area is 119 Å². The second kappa shape index (κ2) is 7.05. The molecule has 1 atom stereocenters. The molecule has 1 aromatic carbocycles. The molecule has 0 radical (unpaired) electrons. The van der Waals surface area contributed by atoms with Crippen molar-refractivity contribution in [2.45, 2.75) is 19.9 Å². The van der Waals surface area contributed by atoms with Crippen molar-refractivity contribution in [2.24, 2.45) is 5.41 Å². The van der Waals surface area contributed by atoms with E-state index < -0.39 is 17.4 Å². The third-order valence-electron chi connectivity index (χ3n) is 3.06. The van der Waals surface area contributed by atoms with E-state index in [4.69, 9.17) is 9.47 Å². The number of rotatable bonds is 6. The van der Waals surface area contributed by atoms with Crippen LogP contribution in [0.4, 0.5) is 0 Å². The maximum atomic E-state index is 11.9. The molecule has 0 fully saturated rings. The zero-order valence-electron chi connectivity index (χ0n) is 12.3. The predicted octanol–water partition coefficient (Wildman–Crippen LogP) is 1.69. The SMILES string of the molecule is COC(=O)C(NCC(C)(C)C(=O)OC)c1ccccc1. The molecule has 0 saturated carbocycles. The molecule has 0 aliphatic heterocycles. The molecule has 1 rings (SSSR count). The Hall–Kier alpha value is -1.88. The number of esters is 2. The lowest BCUT2D eigenvalue weighted by Crippen LogP contribution is -2.41. The third kappa shape index (κ3) is 4.06. The van der Waals surface area contributed by atoms with Gasteiger partial charge in [0.15, 0.2) is 0 Å². The largest absolute Gasteiger partial charge is 0.469 e. The molecule has 0 saturated heterocycles. The van der Waals surface area contributed by atoms with Crippen molar-refractivity contribution in [1.29, 1.82) is 0 Å². The third-order valence-corrected chi connectivity index (χ3v) is 3.06. The maximum Gasteiger partial charge on any atom is 0.327 e. The van der Waals surface area contributed by atoms with Gasteiger partial charge in [0, 0.05) is 6.54 Å². The van der Waals surface area contributed by atoms with Crippen LogP contribution in [0.1, 0.15) is 25.5 Å². The molecule has 1 N–H and O–H groups in total. The Bertz CT molecular complexity index is 456. The molecule has 20 heavy (non-hydrogen) atoms. The summed E-state index contributed by atoms with van der Waals surface area (Å²) in [4.78, 5) is 23.5. The van der Waals surface area contributed by atoms with Crippen molar-refractivity contribution >= 4 is 11.9 Å². The molecular formula is C15H21NO4. The van der Waals surface area contributed by atoms with E-state index in [2.05, 4.69) is 5.32 Å². The van der Waals surface area contributed by atoms with Gasteiger partial charge in [0.25, 0.3) is 0 Å². The zero-order valence-corrected chi connectivity index (χ0v) is 12.3. The highest BCUT2D eigenvalue weighted by Crippen LogP contribution is 2.20. The fraction of sp³-hybridized carbons (Fsp3) is 0.467. The van der Waals surface area contributed by atoms with Crippen molar-refractivity contribution in [3.8, 4) is 0 Å². The minimum Gasteiger partial charge on any atom is -0.469 e. The van der Waals surface area contributed by atoms with E-state index in [9.17, 15) is 9.59 Å². The Morgan fingerprint density at radius 3 is 2.25 bits per heavy atom. The van der Waals surface area contributed by atoms with Gasteiger partial charge in [-0.15, -0.1) is 0 Å². The van der Waals surface area contributed by atoms with Crippen LogP contribution in [0.15, 0.2) is 30.3 Å². The quantitative estimate of drug-likeness (QED) is 0.803. The molecule has 0 heterocycles. The van der Waals surface area contributed by atoms with Crippen LogP contribution in [0.3, 0.4) is 0 Å². The smallest absolute Gasteiger partial charge is 0.327 e. The van der Waals surface area contributed by atoms with Crippen LogP contribution in [0, 0.1) is 5.41 Å². The summed E-state index contributed by atoms with van der Waals surface area (Å²) < 4.78 is 9.55. The van der Waals surface area contributed by atoms with Gasteiger partial charge in [-0.25, -0.2) is 4.79 Å². The first-order valence-electron chi connectivity index (χ1n) is 6.37. The molecule has 1 aromatic rings. The van der Waals surface area contributed by atoms with Gasteiger partial charge in [0.1, 0.15) is 6.04 Å². The van der Waals surface area contributed by atoms with E-state index >= 15 is 0 Å². The van der Waals surface area contributed by atoms with Gasteiger partial charge in [-0.2, -0.15) is 0 Å². The number of benzene rings is 1. The van der Waals surface area contributed by atoms with Crippen LogP contribution in [-0.4, -0.2) is 32.7 Å². The standard InChI is InChI=1S/C15H21NO4/c1-15(2,14(18)20-4)10-16-12(13(17)19-3)11-8-6-5-7-9-11/h5-9,12,16H,10H2,1-4H3. The van der Waals surface area contributed by atoms with Gasteiger partial charge in [-0.3, -0.25) is 10.1 Å². The first-order valence-corrected chi connectivity index (χ1v) is 6.37. The number of carbonyl (C=O) groups excluding carboxylic acids is 2. The molecule has 0 spiro atoms. The lowest BCUT2D eigenvalue weighted by molar-refractivity contribution is -0.151. The van der Waals surface area contributed by atoms with Crippen LogP contribution in [0.2, 0.25) is 0 Å². The van der Waals surface area contributed by atoms with E-state index in [0.29, 0.717) is 6.54 Å². The molecule has 0 amide bonds. The molecular weight excluding hydrogens is 258 g/mol. The highest BCUT2D eigenvalue weighted by atomic mass is 16.5. The van der Waals surface area contributed by atoms with Crippen LogP contribution in [0.25, 0.3) is 0 Å². The number of nitrogens with one attached hydrogen (secondary N) is 1. The predicted molar refractivity (Wildman–Crippen MR) is 75.0 cm³/mol. The van der Waals surface area contributed by atoms with Crippen LogP contribution in [0.5, 0.6) is 0 Å². The van der Waals surface area contributed by atoms with E-state index in [1.54, 1.807) is 13.8 Å². The molecule has 0 bridgehead atoms. The van der Waals surface area contributed by atoms with E-state index in [0.717, 1.165) is 5.56 Å². The fourth-order valence-electron chi connectivity index (χ4n) is 1.81. The average molecular weight is 279 g/mol. The minimum absolute atomic E-state index is 0.300. The second-order valence-corrected chi connectivity index (χ2v) is 5.12. The van der Waals surface area contributed by atoms with Crippen molar-refractivity contribution in [3.05, 3.63) is 35.9 Å². The number of ether oxygens (including phenoxy) is 2. The molecule has 0 aliphatic carbocycles. The summed E-state index contributed by atoms with van der Waals surface area (Å²) in [6.07, 6.45) is 0. The first kappa shape index (κ1) is 16.2. The molecule has 5 nitrogen and oxygen atoms in total. The van der Waals surface area contributed by atoms with E-state index in [1.807, 2.05) is 30.3 Å². The maximum absolute atomic E-state index is 11.9.